The van der Waals surface area contributed by atoms with Gasteiger partial charge < -0.3 is 10.6 Å². The summed E-state index contributed by atoms with van der Waals surface area (Å²) in [7, 11) is -4.03. The van der Waals surface area contributed by atoms with Crippen LogP contribution in [0.3, 0.4) is 0 Å². The molecule has 4 rings (SSSR count). The van der Waals surface area contributed by atoms with Crippen molar-refractivity contribution in [2.24, 2.45) is 0 Å². The van der Waals surface area contributed by atoms with Crippen LogP contribution >= 0.6 is 11.3 Å². The van der Waals surface area contributed by atoms with Gasteiger partial charge in [-0.25, -0.2) is 17.5 Å². The summed E-state index contributed by atoms with van der Waals surface area (Å²) < 4.78 is 27.1. The van der Waals surface area contributed by atoms with E-state index in [1.807, 2.05) is 47.8 Å². The number of carbonyl (C=O) groups is 2. The lowest BCUT2D eigenvalue weighted by Gasteiger charge is -2.17. The predicted octanol–water partition coefficient (Wildman–Crippen LogP) is 3.69. The molecule has 1 aromatic heterocycles. The average Bonchev–Trinajstić information content (AvgIpc) is 3.40. The average molecular weight is 456 g/mol. The maximum absolute atomic E-state index is 13.1. The Morgan fingerprint density at radius 1 is 1.16 bits per heavy atom. The number of aryl methyl sites for hydroxylation is 1. The first-order valence-electron chi connectivity index (χ1n) is 9.65. The van der Waals surface area contributed by atoms with Crippen molar-refractivity contribution in [2.75, 3.05) is 11.9 Å². The number of nitrogens with zero attached hydrogens (tertiary/aromatic N) is 1. The Hall–Kier alpha value is -3.17. The molecule has 9 heteroatoms. The Labute approximate surface area is 184 Å². The minimum absolute atomic E-state index is 0.00474. The third kappa shape index (κ3) is 4.47. The van der Waals surface area contributed by atoms with Crippen molar-refractivity contribution < 1.29 is 18.0 Å². The van der Waals surface area contributed by atoms with Gasteiger partial charge in [0.2, 0.25) is 5.91 Å². The lowest BCUT2D eigenvalue weighted by Crippen LogP contribution is -2.34. The summed E-state index contributed by atoms with van der Waals surface area (Å²) in [5.41, 5.74) is 1.97. The number of anilines is 1. The first-order valence-corrected chi connectivity index (χ1v) is 12.0. The zero-order valence-corrected chi connectivity index (χ0v) is 18.4. The quantitative estimate of drug-likeness (QED) is 0.593. The molecule has 1 atom stereocenters. The van der Waals surface area contributed by atoms with E-state index in [4.69, 9.17) is 0 Å². The second-order valence-electron chi connectivity index (χ2n) is 7.23. The van der Waals surface area contributed by atoms with Crippen LogP contribution in [0.1, 0.15) is 22.0 Å². The van der Waals surface area contributed by atoms with Gasteiger partial charge in [0, 0.05) is 10.6 Å². The van der Waals surface area contributed by atoms with Gasteiger partial charge in [-0.3, -0.25) is 4.79 Å². The van der Waals surface area contributed by atoms with Gasteiger partial charge in [0.15, 0.2) is 0 Å². The van der Waals surface area contributed by atoms with Crippen LogP contribution in [-0.4, -0.2) is 31.2 Å². The number of rotatable bonds is 6. The molecule has 3 aromatic rings. The number of nitrogens with one attached hydrogen (secondary N) is 2. The lowest BCUT2D eigenvalue weighted by atomic mass is 10.1. The maximum atomic E-state index is 13.1. The van der Waals surface area contributed by atoms with Crippen molar-refractivity contribution in [1.82, 2.24) is 9.62 Å². The molecule has 0 spiro atoms. The lowest BCUT2D eigenvalue weighted by molar-refractivity contribution is -0.115. The minimum atomic E-state index is -4.03. The summed E-state index contributed by atoms with van der Waals surface area (Å²) in [6.07, 6.45) is 0.256. The number of carbonyl (C=O) groups excluding carboxylic acids is 2. The van der Waals surface area contributed by atoms with Gasteiger partial charge in [-0.2, -0.15) is 0 Å². The van der Waals surface area contributed by atoms with E-state index in [1.165, 1.54) is 23.5 Å². The van der Waals surface area contributed by atoms with Crippen LogP contribution in [0.15, 0.2) is 70.9 Å². The number of thiophene rings is 1. The Bertz CT molecular complexity index is 1210. The summed E-state index contributed by atoms with van der Waals surface area (Å²) in [5, 5.41) is 7.44. The van der Waals surface area contributed by atoms with Crippen LogP contribution in [-0.2, 0) is 21.2 Å². The van der Waals surface area contributed by atoms with E-state index in [2.05, 4.69) is 10.6 Å². The van der Waals surface area contributed by atoms with Gasteiger partial charge in [0.1, 0.15) is 0 Å². The fraction of sp³-hybridized carbons (Fsp3) is 0.182. The van der Waals surface area contributed by atoms with Gasteiger partial charge >= 0.3 is 6.03 Å². The smallest absolute Gasteiger partial charge is 0.328 e. The van der Waals surface area contributed by atoms with Crippen molar-refractivity contribution in [2.45, 2.75) is 24.3 Å². The highest BCUT2D eigenvalue weighted by Crippen LogP contribution is 2.28. The van der Waals surface area contributed by atoms with Crippen LogP contribution in [0.25, 0.3) is 0 Å². The molecule has 2 heterocycles. The van der Waals surface area contributed by atoms with Gasteiger partial charge in [-0.05, 0) is 47.7 Å². The highest BCUT2D eigenvalue weighted by atomic mass is 32.2. The summed E-state index contributed by atoms with van der Waals surface area (Å²) in [4.78, 5) is 25.6. The van der Waals surface area contributed by atoms with Gasteiger partial charge in [-0.1, -0.05) is 36.4 Å². The molecule has 0 saturated carbocycles. The third-order valence-corrected chi connectivity index (χ3v) is 7.67. The van der Waals surface area contributed by atoms with Crippen LogP contribution in [0.4, 0.5) is 10.5 Å². The molecular formula is C22H21N3O4S2. The summed E-state index contributed by atoms with van der Waals surface area (Å²) in [6.45, 7) is 1.74. The van der Waals surface area contributed by atoms with Crippen LogP contribution in [0.5, 0.6) is 0 Å². The van der Waals surface area contributed by atoms with Crippen LogP contribution in [0, 0.1) is 6.92 Å². The van der Waals surface area contributed by atoms with Crippen LogP contribution < -0.4 is 10.6 Å². The minimum Gasteiger partial charge on any atom is -0.328 e. The molecule has 1 fully saturated rings. The van der Waals surface area contributed by atoms with Crippen molar-refractivity contribution in [1.29, 1.82) is 0 Å². The van der Waals surface area contributed by atoms with Crippen molar-refractivity contribution in [3.63, 3.8) is 0 Å². The Morgan fingerprint density at radius 2 is 1.94 bits per heavy atom. The summed E-state index contributed by atoms with van der Waals surface area (Å²) in [5.74, 6) is -0.175. The first kappa shape index (κ1) is 21.1. The Morgan fingerprint density at radius 3 is 2.61 bits per heavy atom. The van der Waals surface area contributed by atoms with Crippen LogP contribution in [0.2, 0.25) is 0 Å². The fourth-order valence-electron chi connectivity index (χ4n) is 3.43. The number of hydrogen-bond donors (Lipinski definition) is 2. The molecule has 2 N–H and O–H groups in total. The molecule has 7 nitrogen and oxygen atoms in total. The predicted molar refractivity (Wildman–Crippen MR) is 119 cm³/mol. The van der Waals surface area contributed by atoms with Crippen molar-refractivity contribution >= 4 is 39.0 Å². The topological polar surface area (TPSA) is 95.6 Å². The fourth-order valence-corrected chi connectivity index (χ4v) is 5.57. The molecule has 160 valence electrons. The third-order valence-electron chi connectivity index (χ3n) is 5.05. The molecule has 0 bridgehead atoms. The molecule has 0 radical (unpaired) electrons. The van der Waals surface area contributed by atoms with E-state index < -0.39 is 22.1 Å². The van der Waals surface area contributed by atoms with E-state index in [-0.39, 0.29) is 23.8 Å². The zero-order chi connectivity index (χ0) is 22.0. The molecule has 1 saturated heterocycles. The highest BCUT2D eigenvalue weighted by molar-refractivity contribution is 7.89. The van der Waals surface area contributed by atoms with E-state index >= 15 is 0 Å². The molecule has 31 heavy (non-hydrogen) atoms. The molecule has 0 aliphatic carbocycles. The number of benzene rings is 2. The van der Waals surface area contributed by atoms with E-state index in [9.17, 15) is 18.0 Å². The molecule has 0 unspecified atom stereocenters. The standard InChI is InChI=1S/C22H21N3O4S2/c1-15-12-18(9-10-19(15)23-21(26)13-17-8-5-11-30-17)31(28,29)25-14-20(24-22(25)27)16-6-3-2-4-7-16/h2-12,20H,13-14H2,1H3,(H,23,26)(H,24,27)/t20-/m1/s1. The SMILES string of the molecule is Cc1cc(S(=O)(=O)N2C[C@H](c3ccccc3)NC2=O)ccc1NC(=O)Cc1cccs1. The van der Waals surface area contributed by atoms with E-state index in [1.54, 1.807) is 13.0 Å². The van der Waals surface area contributed by atoms with E-state index in [0.29, 0.717) is 11.3 Å². The monoisotopic (exact) mass is 455 g/mol. The Kier molecular flexibility index (Phi) is 5.79. The van der Waals surface area contributed by atoms with E-state index in [0.717, 1.165) is 14.7 Å². The number of hydrogen-bond acceptors (Lipinski definition) is 5. The van der Waals surface area contributed by atoms with Crippen molar-refractivity contribution in [3.8, 4) is 0 Å². The second-order valence-corrected chi connectivity index (χ2v) is 10.1. The molecule has 3 amide bonds. The Balaban J connectivity index is 1.50. The van der Waals surface area contributed by atoms with Gasteiger partial charge in [-0.15, -0.1) is 11.3 Å². The van der Waals surface area contributed by atoms with Crippen molar-refractivity contribution in [3.05, 3.63) is 82.0 Å². The summed E-state index contributed by atoms with van der Waals surface area (Å²) in [6, 6.07) is 16.4. The largest absolute Gasteiger partial charge is 0.331 e. The highest BCUT2D eigenvalue weighted by Gasteiger charge is 2.38. The number of urea groups is 1. The molecule has 1 aliphatic heterocycles. The van der Waals surface area contributed by atoms with Gasteiger partial charge in [0.05, 0.1) is 23.9 Å². The normalized spacial score (nSPS) is 16.2. The molecule has 1 aliphatic rings. The number of amides is 3. The van der Waals surface area contributed by atoms with Gasteiger partial charge in [0.25, 0.3) is 10.0 Å². The number of sulfonamides is 1. The zero-order valence-electron chi connectivity index (χ0n) is 16.7. The maximum Gasteiger partial charge on any atom is 0.331 e. The first-order chi connectivity index (χ1) is 14.8. The molecular weight excluding hydrogens is 434 g/mol. The summed E-state index contributed by atoms with van der Waals surface area (Å²) >= 11 is 1.50. The molecule has 2 aromatic carbocycles. The second kappa shape index (κ2) is 8.52.